The number of hydrogen-bond acceptors (Lipinski definition) is 5. The third kappa shape index (κ3) is 5.92. The maximum atomic E-state index is 13.3. The quantitative estimate of drug-likeness (QED) is 0.594. The maximum Gasteiger partial charge on any atom is 0.255 e. The first kappa shape index (κ1) is 25.2. The third-order valence-electron chi connectivity index (χ3n) is 5.88. The van der Waals surface area contributed by atoms with Crippen LogP contribution in [0.5, 0.6) is 0 Å². The van der Waals surface area contributed by atoms with Gasteiger partial charge in [0.05, 0.1) is 27.1 Å². The zero-order valence-corrected chi connectivity index (χ0v) is 20.6. The molecule has 0 unspecified atom stereocenters. The molecule has 0 aromatic heterocycles. The smallest absolute Gasteiger partial charge is 0.255 e. The van der Waals surface area contributed by atoms with E-state index in [-0.39, 0.29) is 21.4 Å². The molecule has 2 aromatic rings. The number of halogens is 1. The predicted octanol–water partition coefficient (Wildman–Crippen LogP) is 3.59. The number of carbonyl (C=O) groups excluding carboxylic acids is 1. The number of rotatable bonds is 7. The lowest BCUT2D eigenvalue weighted by atomic mass is 10.1. The van der Waals surface area contributed by atoms with Crippen molar-refractivity contribution in [1.29, 1.82) is 5.26 Å². The van der Waals surface area contributed by atoms with Crippen LogP contribution in [0, 0.1) is 11.3 Å². The van der Waals surface area contributed by atoms with Crippen molar-refractivity contribution in [2.45, 2.75) is 31.7 Å². The van der Waals surface area contributed by atoms with E-state index in [4.69, 9.17) is 16.9 Å². The van der Waals surface area contributed by atoms with E-state index in [0.29, 0.717) is 38.3 Å². The second-order valence-corrected chi connectivity index (χ2v) is 10.3. The van der Waals surface area contributed by atoms with Gasteiger partial charge in [-0.3, -0.25) is 9.69 Å². The molecule has 0 aliphatic carbocycles. The van der Waals surface area contributed by atoms with Crippen LogP contribution in [0.3, 0.4) is 0 Å². The largest absolute Gasteiger partial charge is 0.337 e. The lowest BCUT2D eigenvalue weighted by Crippen LogP contribution is -2.35. The highest BCUT2D eigenvalue weighted by Crippen LogP contribution is 2.25. The van der Waals surface area contributed by atoms with Crippen LogP contribution in [0.25, 0.3) is 0 Å². The number of nitriles is 1. The van der Waals surface area contributed by atoms with E-state index in [1.54, 1.807) is 18.7 Å². The van der Waals surface area contributed by atoms with Crippen molar-refractivity contribution in [3.05, 3.63) is 64.2 Å². The number of nitrogens with zero attached hydrogens (tertiary/aromatic N) is 4. The second-order valence-electron chi connectivity index (χ2n) is 7.96. The summed E-state index contributed by atoms with van der Waals surface area (Å²) in [5, 5.41) is 9.20. The minimum Gasteiger partial charge on any atom is -0.337 e. The van der Waals surface area contributed by atoms with E-state index < -0.39 is 10.0 Å². The van der Waals surface area contributed by atoms with Gasteiger partial charge in [-0.15, -0.1) is 0 Å². The van der Waals surface area contributed by atoms with Crippen LogP contribution in [0.2, 0.25) is 5.02 Å². The Bertz CT molecular complexity index is 1130. The number of benzene rings is 2. The summed E-state index contributed by atoms with van der Waals surface area (Å²) in [6.07, 6.45) is 0.803. The first-order chi connectivity index (χ1) is 15.8. The van der Waals surface area contributed by atoms with Crippen molar-refractivity contribution in [3.8, 4) is 6.07 Å². The minimum atomic E-state index is -3.68. The molecule has 33 heavy (non-hydrogen) atoms. The molecule has 9 heteroatoms. The molecule has 1 fully saturated rings. The van der Waals surface area contributed by atoms with Gasteiger partial charge >= 0.3 is 0 Å². The highest BCUT2D eigenvalue weighted by atomic mass is 35.5. The number of amides is 1. The van der Waals surface area contributed by atoms with Crippen LogP contribution in [0.15, 0.2) is 47.4 Å². The fourth-order valence-electron chi connectivity index (χ4n) is 3.99. The molecule has 1 aliphatic rings. The van der Waals surface area contributed by atoms with Gasteiger partial charge in [-0.1, -0.05) is 37.6 Å². The first-order valence-electron chi connectivity index (χ1n) is 11.1. The van der Waals surface area contributed by atoms with Gasteiger partial charge in [0.25, 0.3) is 5.91 Å². The van der Waals surface area contributed by atoms with Crippen LogP contribution < -0.4 is 0 Å². The minimum absolute atomic E-state index is 0.0798. The van der Waals surface area contributed by atoms with Crippen LogP contribution in [-0.2, 0) is 16.6 Å². The number of sulfonamides is 1. The Hall–Kier alpha value is -2.44. The molecule has 0 radical (unpaired) electrons. The summed E-state index contributed by atoms with van der Waals surface area (Å²) in [7, 11) is -3.68. The van der Waals surface area contributed by atoms with Crippen LogP contribution in [0.4, 0.5) is 0 Å². The Kier molecular flexibility index (Phi) is 8.49. The van der Waals surface area contributed by atoms with Gasteiger partial charge in [0.1, 0.15) is 0 Å². The van der Waals surface area contributed by atoms with Gasteiger partial charge in [-0.05, 0) is 42.3 Å². The van der Waals surface area contributed by atoms with E-state index in [9.17, 15) is 13.2 Å². The van der Waals surface area contributed by atoms with Gasteiger partial charge < -0.3 is 4.90 Å². The van der Waals surface area contributed by atoms with Crippen LogP contribution in [0.1, 0.15) is 41.8 Å². The Morgan fingerprint density at radius 2 is 1.76 bits per heavy atom. The first-order valence-corrected chi connectivity index (χ1v) is 12.9. The monoisotopic (exact) mass is 488 g/mol. The molecule has 1 amide bonds. The van der Waals surface area contributed by atoms with E-state index in [2.05, 4.69) is 11.0 Å². The molecule has 0 N–H and O–H groups in total. The molecule has 0 spiro atoms. The van der Waals surface area contributed by atoms with Crippen molar-refractivity contribution in [2.75, 3.05) is 39.3 Å². The fraction of sp³-hybridized carbons (Fsp3) is 0.417. The molecular weight excluding hydrogens is 460 g/mol. The van der Waals surface area contributed by atoms with Gasteiger partial charge in [0.15, 0.2) is 0 Å². The van der Waals surface area contributed by atoms with Gasteiger partial charge in [-0.25, -0.2) is 8.42 Å². The van der Waals surface area contributed by atoms with Crippen LogP contribution in [-0.4, -0.2) is 67.7 Å². The topological polar surface area (TPSA) is 84.7 Å². The average molecular weight is 489 g/mol. The number of carbonyl (C=O) groups is 1. The van der Waals surface area contributed by atoms with Crippen molar-refractivity contribution in [1.82, 2.24) is 14.1 Å². The van der Waals surface area contributed by atoms with Gasteiger partial charge in [-0.2, -0.15) is 9.57 Å². The summed E-state index contributed by atoms with van der Waals surface area (Å²) in [5.41, 5.74) is 1.96. The van der Waals surface area contributed by atoms with Gasteiger partial charge in [0.2, 0.25) is 10.0 Å². The van der Waals surface area contributed by atoms with E-state index in [0.717, 1.165) is 25.1 Å². The molecule has 1 aliphatic heterocycles. The molecule has 3 rings (SSSR count). The summed E-state index contributed by atoms with van der Waals surface area (Å²) in [4.78, 5) is 17.4. The highest BCUT2D eigenvalue weighted by molar-refractivity contribution is 7.89. The Labute approximate surface area is 201 Å². The number of hydrogen-bond donors (Lipinski definition) is 0. The lowest BCUT2D eigenvalue weighted by molar-refractivity contribution is 0.0761. The summed E-state index contributed by atoms with van der Waals surface area (Å²) in [5.74, 6) is -0.253. The standard InChI is InChI=1S/C24H29ClN4O3S/c1-3-29(4-2)33(31,32)21-10-11-23(25)22(16-21)24(30)28-13-5-12-27(14-15-28)18-20-8-6-19(17-26)7-9-20/h6-11,16H,3-5,12-15,18H2,1-2H3. The SMILES string of the molecule is CCN(CC)S(=O)(=O)c1ccc(Cl)c(C(=O)N2CCCN(Cc3ccc(C#N)cc3)CC2)c1. The normalized spacial score (nSPS) is 15.3. The molecule has 0 atom stereocenters. The zero-order valence-electron chi connectivity index (χ0n) is 19.0. The van der Waals surface area contributed by atoms with Crippen molar-refractivity contribution in [3.63, 3.8) is 0 Å². The summed E-state index contributed by atoms with van der Waals surface area (Å²) in [6.45, 7) is 7.65. The second kappa shape index (κ2) is 11.1. The molecule has 0 saturated carbocycles. The molecule has 0 bridgehead atoms. The van der Waals surface area contributed by atoms with Crippen LogP contribution >= 0.6 is 11.6 Å². The summed E-state index contributed by atoms with van der Waals surface area (Å²) < 4.78 is 27.2. The van der Waals surface area contributed by atoms with Crippen molar-refractivity contribution < 1.29 is 13.2 Å². The predicted molar refractivity (Wildman–Crippen MR) is 129 cm³/mol. The highest BCUT2D eigenvalue weighted by Gasteiger charge is 2.26. The fourth-order valence-corrected chi connectivity index (χ4v) is 5.67. The Morgan fingerprint density at radius 3 is 2.39 bits per heavy atom. The molecule has 7 nitrogen and oxygen atoms in total. The third-order valence-corrected chi connectivity index (χ3v) is 8.25. The molecule has 2 aromatic carbocycles. The summed E-state index contributed by atoms with van der Waals surface area (Å²) >= 11 is 6.32. The summed E-state index contributed by atoms with van der Waals surface area (Å²) in [6, 6.07) is 14.0. The molecular formula is C24H29ClN4O3S. The molecule has 1 saturated heterocycles. The van der Waals surface area contributed by atoms with E-state index in [1.165, 1.54) is 22.5 Å². The van der Waals surface area contributed by atoms with Crippen molar-refractivity contribution >= 4 is 27.5 Å². The Balaban J connectivity index is 1.72. The Morgan fingerprint density at radius 1 is 1.06 bits per heavy atom. The maximum absolute atomic E-state index is 13.3. The molecule has 1 heterocycles. The van der Waals surface area contributed by atoms with Gasteiger partial charge in [0, 0.05) is 45.8 Å². The average Bonchev–Trinajstić information content (AvgIpc) is 3.05. The van der Waals surface area contributed by atoms with E-state index >= 15 is 0 Å². The van der Waals surface area contributed by atoms with Crippen molar-refractivity contribution in [2.24, 2.45) is 0 Å². The van der Waals surface area contributed by atoms with E-state index in [1.807, 2.05) is 24.3 Å². The lowest BCUT2D eigenvalue weighted by Gasteiger charge is -2.23. The molecule has 176 valence electrons. The zero-order chi connectivity index (χ0) is 24.0.